The monoisotopic (exact) mass is 223 g/mol. The van der Waals surface area contributed by atoms with Crippen LogP contribution in [0.3, 0.4) is 0 Å². The van der Waals surface area contributed by atoms with Crippen molar-refractivity contribution in [3.8, 4) is 5.75 Å². The fraction of sp³-hybridized carbons (Fsp3) is 0.250. The summed E-state index contributed by atoms with van der Waals surface area (Å²) in [5.41, 5.74) is 1.44. The highest BCUT2D eigenvalue weighted by atomic mass is 19.1. The Morgan fingerprint density at radius 3 is 2.81 bits per heavy atom. The van der Waals surface area contributed by atoms with E-state index < -0.39 is 11.7 Å². The second kappa shape index (κ2) is 5.30. The molecule has 1 aromatic carbocycles. The smallest absolute Gasteiger partial charge is 0.283 e. The van der Waals surface area contributed by atoms with Gasteiger partial charge in [0.2, 0.25) is 0 Å². The number of amides is 1. The summed E-state index contributed by atoms with van der Waals surface area (Å²) >= 11 is 0. The van der Waals surface area contributed by atoms with Crippen LogP contribution in [0.1, 0.15) is 12.5 Å². The molecule has 4 heteroatoms. The van der Waals surface area contributed by atoms with E-state index in [9.17, 15) is 9.18 Å². The lowest BCUT2D eigenvalue weighted by Crippen LogP contribution is -2.11. The molecular weight excluding hydrogens is 209 g/mol. The summed E-state index contributed by atoms with van der Waals surface area (Å²) in [6, 6.07) is 5.12. The molecule has 1 aromatic rings. The van der Waals surface area contributed by atoms with Crippen molar-refractivity contribution in [2.75, 3.05) is 11.9 Å². The van der Waals surface area contributed by atoms with Gasteiger partial charge in [-0.3, -0.25) is 4.79 Å². The quantitative estimate of drug-likeness (QED) is 0.797. The van der Waals surface area contributed by atoms with Crippen LogP contribution < -0.4 is 10.1 Å². The molecule has 1 N–H and O–H groups in total. The molecule has 1 amide bonds. The molecule has 86 valence electrons. The van der Waals surface area contributed by atoms with Gasteiger partial charge in [0.1, 0.15) is 5.75 Å². The first kappa shape index (κ1) is 12.2. The van der Waals surface area contributed by atoms with Gasteiger partial charge in [0.15, 0.2) is 5.83 Å². The van der Waals surface area contributed by atoms with Gasteiger partial charge in [0.05, 0.1) is 6.61 Å². The Labute approximate surface area is 93.9 Å². The molecule has 0 aliphatic rings. The molecule has 0 atom stereocenters. The van der Waals surface area contributed by atoms with Crippen molar-refractivity contribution in [1.82, 2.24) is 0 Å². The fourth-order valence-corrected chi connectivity index (χ4v) is 1.19. The Hall–Kier alpha value is -1.84. The fourth-order valence-electron chi connectivity index (χ4n) is 1.19. The summed E-state index contributed by atoms with van der Waals surface area (Å²) in [5.74, 6) is -1.19. The van der Waals surface area contributed by atoms with Crippen molar-refractivity contribution in [3.63, 3.8) is 0 Å². The number of hydrogen-bond donors (Lipinski definition) is 1. The molecule has 0 spiro atoms. The van der Waals surface area contributed by atoms with E-state index >= 15 is 0 Å². The summed E-state index contributed by atoms with van der Waals surface area (Å²) in [7, 11) is 0. The molecule has 0 radical (unpaired) electrons. The SMILES string of the molecule is C=C(F)C(=O)Nc1ccc(C)c(OCC)c1. The van der Waals surface area contributed by atoms with E-state index in [1.165, 1.54) is 0 Å². The number of carbonyl (C=O) groups excluding carboxylic acids is 1. The lowest BCUT2D eigenvalue weighted by molar-refractivity contribution is -0.114. The topological polar surface area (TPSA) is 38.3 Å². The van der Waals surface area contributed by atoms with Crippen molar-refractivity contribution in [3.05, 3.63) is 36.2 Å². The highest BCUT2D eigenvalue weighted by Crippen LogP contribution is 2.22. The molecule has 0 aromatic heterocycles. The Morgan fingerprint density at radius 2 is 2.25 bits per heavy atom. The van der Waals surface area contributed by atoms with Crippen molar-refractivity contribution < 1.29 is 13.9 Å². The van der Waals surface area contributed by atoms with Gasteiger partial charge in [-0.05, 0) is 25.5 Å². The van der Waals surface area contributed by atoms with Gasteiger partial charge in [0, 0.05) is 11.8 Å². The molecule has 0 aliphatic heterocycles. The zero-order valence-corrected chi connectivity index (χ0v) is 9.34. The van der Waals surface area contributed by atoms with Crippen LogP contribution in [-0.4, -0.2) is 12.5 Å². The van der Waals surface area contributed by atoms with Gasteiger partial charge in [-0.25, -0.2) is 4.39 Å². The second-order valence-corrected chi connectivity index (χ2v) is 3.27. The van der Waals surface area contributed by atoms with E-state index in [4.69, 9.17) is 4.74 Å². The normalized spacial score (nSPS) is 9.69. The van der Waals surface area contributed by atoms with Crippen molar-refractivity contribution in [1.29, 1.82) is 0 Å². The van der Waals surface area contributed by atoms with Crippen LogP contribution in [0.4, 0.5) is 10.1 Å². The van der Waals surface area contributed by atoms with Gasteiger partial charge in [-0.2, -0.15) is 0 Å². The Morgan fingerprint density at radius 1 is 1.56 bits per heavy atom. The minimum Gasteiger partial charge on any atom is -0.494 e. The van der Waals surface area contributed by atoms with Gasteiger partial charge in [-0.1, -0.05) is 12.6 Å². The largest absolute Gasteiger partial charge is 0.494 e. The number of benzene rings is 1. The average Bonchev–Trinajstić information content (AvgIpc) is 2.23. The first-order valence-electron chi connectivity index (χ1n) is 4.93. The number of nitrogens with one attached hydrogen (secondary N) is 1. The van der Waals surface area contributed by atoms with Crippen LogP contribution in [0.5, 0.6) is 5.75 Å². The average molecular weight is 223 g/mol. The Bertz CT molecular complexity index is 415. The van der Waals surface area contributed by atoms with E-state index in [1.807, 2.05) is 13.8 Å². The molecule has 16 heavy (non-hydrogen) atoms. The van der Waals surface area contributed by atoms with Gasteiger partial charge in [-0.15, -0.1) is 0 Å². The second-order valence-electron chi connectivity index (χ2n) is 3.27. The molecule has 1 rings (SSSR count). The van der Waals surface area contributed by atoms with Crippen molar-refractivity contribution in [2.45, 2.75) is 13.8 Å². The Balaban J connectivity index is 2.86. The summed E-state index contributed by atoms with van der Waals surface area (Å²) in [4.78, 5) is 11.0. The maximum absolute atomic E-state index is 12.5. The zero-order chi connectivity index (χ0) is 12.1. The number of halogens is 1. The summed E-state index contributed by atoms with van der Waals surface area (Å²) in [5, 5.41) is 2.37. The summed E-state index contributed by atoms with van der Waals surface area (Å²) in [6.45, 7) is 7.22. The molecule has 0 bridgehead atoms. The lowest BCUT2D eigenvalue weighted by Gasteiger charge is -2.09. The summed E-state index contributed by atoms with van der Waals surface area (Å²) < 4.78 is 17.8. The third-order valence-corrected chi connectivity index (χ3v) is 1.99. The third kappa shape index (κ3) is 3.08. The van der Waals surface area contributed by atoms with E-state index in [-0.39, 0.29) is 0 Å². The lowest BCUT2D eigenvalue weighted by atomic mass is 10.2. The maximum Gasteiger partial charge on any atom is 0.283 e. The molecule has 0 fully saturated rings. The highest BCUT2D eigenvalue weighted by Gasteiger charge is 2.07. The Kier molecular flexibility index (Phi) is 4.05. The third-order valence-electron chi connectivity index (χ3n) is 1.99. The van der Waals surface area contributed by atoms with Crippen LogP contribution >= 0.6 is 0 Å². The van der Waals surface area contributed by atoms with Crippen molar-refractivity contribution in [2.24, 2.45) is 0 Å². The number of aryl methyl sites for hydroxylation is 1. The molecule has 0 heterocycles. The highest BCUT2D eigenvalue weighted by molar-refractivity contribution is 6.01. The maximum atomic E-state index is 12.5. The predicted molar refractivity (Wildman–Crippen MR) is 61.2 cm³/mol. The number of rotatable bonds is 4. The molecule has 0 unspecified atom stereocenters. The number of carbonyl (C=O) groups is 1. The van der Waals surface area contributed by atoms with Gasteiger partial charge < -0.3 is 10.1 Å². The number of anilines is 1. The van der Waals surface area contributed by atoms with Gasteiger partial charge >= 0.3 is 0 Å². The minimum atomic E-state index is -1.02. The van der Waals surface area contributed by atoms with Gasteiger partial charge in [0.25, 0.3) is 5.91 Å². The van der Waals surface area contributed by atoms with Crippen LogP contribution in [0.25, 0.3) is 0 Å². The number of ether oxygens (including phenoxy) is 1. The van der Waals surface area contributed by atoms with E-state index in [1.54, 1.807) is 18.2 Å². The zero-order valence-electron chi connectivity index (χ0n) is 9.34. The number of hydrogen-bond acceptors (Lipinski definition) is 2. The molecule has 0 aliphatic carbocycles. The van der Waals surface area contributed by atoms with E-state index in [0.29, 0.717) is 18.0 Å². The van der Waals surface area contributed by atoms with E-state index in [2.05, 4.69) is 11.9 Å². The van der Waals surface area contributed by atoms with Crippen LogP contribution in [0.2, 0.25) is 0 Å². The van der Waals surface area contributed by atoms with Crippen molar-refractivity contribution >= 4 is 11.6 Å². The molecule has 0 saturated heterocycles. The van der Waals surface area contributed by atoms with E-state index in [0.717, 1.165) is 5.56 Å². The molecular formula is C12H14FNO2. The summed E-state index contributed by atoms with van der Waals surface area (Å²) in [6.07, 6.45) is 0. The first-order chi connectivity index (χ1) is 7.54. The first-order valence-corrected chi connectivity index (χ1v) is 4.93. The minimum absolute atomic E-state index is 0.484. The van der Waals surface area contributed by atoms with Crippen LogP contribution in [0.15, 0.2) is 30.6 Å². The standard InChI is InChI=1S/C12H14FNO2/c1-4-16-11-7-10(6-5-8(11)2)14-12(15)9(3)13/h5-7H,3-4H2,1-2H3,(H,14,15). The molecule has 3 nitrogen and oxygen atoms in total. The predicted octanol–water partition coefficient (Wildman–Crippen LogP) is 2.82. The van der Waals surface area contributed by atoms with Crippen LogP contribution in [0, 0.1) is 6.92 Å². The van der Waals surface area contributed by atoms with Crippen LogP contribution in [-0.2, 0) is 4.79 Å². The molecule has 0 saturated carbocycles.